The summed E-state index contributed by atoms with van der Waals surface area (Å²) in [5.74, 6) is 2.65. The Labute approximate surface area is 298 Å². The van der Waals surface area contributed by atoms with E-state index < -0.39 is 18.1 Å². The molecular weight excluding hydrogens is 650 g/mol. The number of likely N-dealkylation sites (N-methyl/N-ethyl adjacent to an activating group) is 1. The topological polar surface area (TPSA) is 112 Å². The van der Waals surface area contributed by atoms with E-state index in [1.165, 1.54) is 6.08 Å². The molecule has 1 saturated heterocycles. The van der Waals surface area contributed by atoms with E-state index in [1.807, 2.05) is 44.2 Å². The highest BCUT2D eigenvalue weighted by molar-refractivity contribution is 5.87. The molecule has 7 rings (SSSR count). The Bertz CT molecular complexity index is 1900. The second kappa shape index (κ2) is 14.3. The maximum atomic E-state index is 13.3. The first-order valence-corrected chi connectivity index (χ1v) is 17.1. The fourth-order valence-electron chi connectivity index (χ4n) is 8.50. The molecule has 4 aliphatic rings. The number of aryl methyl sites for hydroxylation is 1. The third kappa shape index (κ3) is 5.87. The number of nitriles is 1. The van der Waals surface area contributed by atoms with Crippen LogP contribution in [0.15, 0.2) is 55.1 Å². The lowest BCUT2D eigenvalue weighted by molar-refractivity contribution is -0.143. The highest BCUT2D eigenvalue weighted by atomic mass is 16.7. The van der Waals surface area contributed by atoms with Gasteiger partial charge in [0.25, 0.3) is 0 Å². The molecule has 0 radical (unpaired) electrons. The lowest BCUT2D eigenvalue weighted by Crippen LogP contribution is -2.68. The van der Waals surface area contributed by atoms with E-state index in [4.69, 9.17) is 33.2 Å². The molecule has 4 aliphatic heterocycles. The molecule has 3 aromatic rings. The summed E-state index contributed by atoms with van der Waals surface area (Å²) in [7, 11) is 5.31. The third-order valence-electron chi connectivity index (χ3n) is 10.5. The van der Waals surface area contributed by atoms with E-state index in [2.05, 4.69) is 35.6 Å². The summed E-state index contributed by atoms with van der Waals surface area (Å²) in [6, 6.07) is 12.6. The first-order chi connectivity index (χ1) is 24.8. The number of rotatable bonds is 11. The van der Waals surface area contributed by atoms with Crippen LogP contribution in [-0.2, 0) is 27.1 Å². The van der Waals surface area contributed by atoms with Gasteiger partial charge in [0.15, 0.2) is 29.8 Å². The lowest BCUT2D eigenvalue weighted by atomic mass is 9.71. The molecule has 0 saturated carbocycles. The molecule has 2 bridgehead atoms. The maximum Gasteiger partial charge on any atom is 0.330 e. The van der Waals surface area contributed by atoms with Crippen molar-refractivity contribution in [2.75, 3.05) is 48.1 Å². The minimum Gasteiger partial charge on any atom is -0.493 e. The molecule has 5 atom stereocenters. The van der Waals surface area contributed by atoms with Crippen molar-refractivity contribution in [1.82, 2.24) is 9.80 Å². The summed E-state index contributed by atoms with van der Waals surface area (Å²) in [5.41, 5.74) is 6.49. The van der Waals surface area contributed by atoms with E-state index in [0.717, 1.165) is 38.9 Å². The fraction of sp³-hybridized carbons (Fsp3) is 0.400. The van der Waals surface area contributed by atoms with Crippen molar-refractivity contribution in [2.45, 2.75) is 56.9 Å². The Hall–Kier alpha value is -5.02. The number of benzene rings is 3. The molecule has 0 aromatic heterocycles. The number of esters is 1. The predicted octanol–water partition coefficient (Wildman–Crippen LogP) is 5.62. The second-order valence-corrected chi connectivity index (χ2v) is 13.3. The summed E-state index contributed by atoms with van der Waals surface area (Å²) in [6.07, 6.45) is 5.98. The Morgan fingerprint density at radius 1 is 1.04 bits per heavy atom. The van der Waals surface area contributed by atoms with Gasteiger partial charge in [-0.25, -0.2) is 4.79 Å². The Morgan fingerprint density at radius 2 is 1.82 bits per heavy atom. The summed E-state index contributed by atoms with van der Waals surface area (Å²) in [6.45, 7) is 8.19. The van der Waals surface area contributed by atoms with Crippen LogP contribution in [0.5, 0.6) is 28.7 Å². The Kier molecular flexibility index (Phi) is 9.66. The van der Waals surface area contributed by atoms with Gasteiger partial charge < -0.3 is 33.2 Å². The molecule has 0 spiro atoms. The van der Waals surface area contributed by atoms with Gasteiger partial charge in [0.2, 0.25) is 6.79 Å². The highest BCUT2D eigenvalue weighted by Gasteiger charge is 2.57. The van der Waals surface area contributed by atoms with Crippen molar-refractivity contribution in [3.8, 4) is 34.8 Å². The van der Waals surface area contributed by atoms with Gasteiger partial charge in [-0.2, -0.15) is 5.26 Å². The largest absolute Gasteiger partial charge is 0.493 e. The first kappa shape index (κ1) is 34.4. The van der Waals surface area contributed by atoms with Crippen LogP contribution in [0.3, 0.4) is 0 Å². The van der Waals surface area contributed by atoms with E-state index in [9.17, 15) is 10.1 Å². The number of piperazine rings is 1. The molecule has 1 fully saturated rings. The number of methoxy groups -OCH3 is 2. The smallest absolute Gasteiger partial charge is 0.330 e. The molecule has 51 heavy (non-hydrogen) atoms. The SMILES string of the molecule is C=CCOc1c(C)c2c(c3c1CC1[C@@H]4c5c(cc(C)c(OC)c5OCOC)C[C@H](C(C#N)N1[C@H]3COC(=O)/C=C/c1ccccc1)N4C)OCO2. The molecular formula is C40H43N3O8. The monoisotopic (exact) mass is 693 g/mol. The van der Waals surface area contributed by atoms with Crippen LogP contribution >= 0.6 is 0 Å². The number of hydrogen-bond donors (Lipinski definition) is 0. The minimum atomic E-state index is -0.560. The van der Waals surface area contributed by atoms with Crippen LogP contribution in [0.1, 0.15) is 51.0 Å². The van der Waals surface area contributed by atoms with Crippen LogP contribution in [-0.4, -0.2) is 82.0 Å². The highest BCUT2D eigenvalue weighted by Crippen LogP contribution is 2.58. The molecule has 0 aliphatic carbocycles. The number of hydrogen-bond acceptors (Lipinski definition) is 11. The van der Waals surface area contributed by atoms with Gasteiger partial charge in [0.1, 0.15) is 25.0 Å². The number of carbonyl (C=O) groups excluding carboxylic acids is 1. The molecule has 0 N–H and O–H groups in total. The zero-order chi connectivity index (χ0) is 35.8. The van der Waals surface area contributed by atoms with Crippen molar-refractivity contribution < 1.29 is 38.0 Å². The normalized spacial score (nSPS) is 23.1. The first-order valence-electron chi connectivity index (χ1n) is 17.1. The summed E-state index contributed by atoms with van der Waals surface area (Å²) >= 11 is 0. The van der Waals surface area contributed by atoms with Crippen LogP contribution < -0.4 is 23.7 Å². The number of carbonyl (C=O) groups is 1. The fourth-order valence-corrected chi connectivity index (χ4v) is 8.50. The molecule has 0 amide bonds. The Balaban J connectivity index is 1.40. The zero-order valence-electron chi connectivity index (χ0n) is 29.6. The van der Waals surface area contributed by atoms with Gasteiger partial charge in [-0.15, -0.1) is 0 Å². The van der Waals surface area contributed by atoms with Gasteiger partial charge in [0.05, 0.1) is 25.3 Å². The predicted molar refractivity (Wildman–Crippen MR) is 189 cm³/mol. The van der Waals surface area contributed by atoms with E-state index in [1.54, 1.807) is 26.4 Å². The summed E-state index contributed by atoms with van der Waals surface area (Å²) in [5, 5.41) is 11.0. The summed E-state index contributed by atoms with van der Waals surface area (Å²) in [4.78, 5) is 17.8. The number of nitrogens with zero attached hydrogens (tertiary/aromatic N) is 3. The number of fused-ring (bicyclic) bond motifs is 9. The standard InChI is InChI=1S/C40H43N3O8/c1-7-15-47-37-24(3)38-40(51-22-50-38)34-27(37)18-29-35-33-26(16-23(2)36(46-6)39(33)49-21-45-5)17-28(42(35)4)30(19-41)43(29)31(34)20-48-32(44)14-13-25-11-9-8-10-12-25/h7-14,16,28-31,35H,1,15,17-18,20-22H2,2-6H3/b14-13+/t28-,29?,30?,31+,35-/m1/s1. The number of ether oxygens (including phenoxy) is 7. The second-order valence-electron chi connectivity index (χ2n) is 13.3. The van der Waals surface area contributed by atoms with Crippen molar-refractivity contribution in [3.05, 3.63) is 94.1 Å². The van der Waals surface area contributed by atoms with Crippen LogP contribution in [0.2, 0.25) is 0 Å². The summed E-state index contributed by atoms with van der Waals surface area (Å²) < 4.78 is 42.3. The van der Waals surface area contributed by atoms with Gasteiger partial charge in [-0.1, -0.05) is 49.1 Å². The Morgan fingerprint density at radius 3 is 2.55 bits per heavy atom. The van der Waals surface area contributed by atoms with E-state index in [0.29, 0.717) is 41.6 Å². The molecule has 11 nitrogen and oxygen atoms in total. The van der Waals surface area contributed by atoms with Crippen LogP contribution in [0.4, 0.5) is 0 Å². The molecule has 3 aromatic carbocycles. The van der Waals surface area contributed by atoms with Gasteiger partial charge >= 0.3 is 5.97 Å². The zero-order valence-corrected chi connectivity index (χ0v) is 29.6. The van der Waals surface area contributed by atoms with Crippen LogP contribution in [0, 0.1) is 25.2 Å². The van der Waals surface area contributed by atoms with E-state index in [-0.39, 0.29) is 44.9 Å². The molecule has 11 heteroatoms. The lowest BCUT2D eigenvalue weighted by Gasteiger charge is -2.59. The van der Waals surface area contributed by atoms with Crippen molar-refractivity contribution in [3.63, 3.8) is 0 Å². The molecule has 4 heterocycles. The molecule has 2 unspecified atom stereocenters. The van der Waals surface area contributed by atoms with Crippen molar-refractivity contribution >= 4 is 12.0 Å². The van der Waals surface area contributed by atoms with Crippen molar-refractivity contribution in [1.29, 1.82) is 5.26 Å². The average Bonchev–Trinajstić information content (AvgIpc) is 3.63. The average molecular weight is 694 g/mol. The van der Waals surface area contributed by atoms with Crippen molar-refractivity contribution in [2.24, 2.45) is 0 Å². The maximum absolute atomic E-state index is 13.3. The minimum absolute atomic E-state index is 0.0281. The van der Waals surface area contributed by atoms with E-state index >= 15 is 0 Å². The van der Waals surface area contributed by atoms with Gasteiger partial charge in [0, 0.05) is 47.5 Å². The van der Waals surface area contributed by atoms with Crippen LogP contribution in [0.25, 0.3) is 6.08 Å². The van der Waals surface area contributed by atoms with Gasteiger partial charge in [-0.05, 0) is 56.5 Å². The quantitative estimate of drug-likeness (QED) is 0.108. The van der Waals surface area contributed by atoms with Gasteiger partial charge in [-0.3, -0.25) is 9.80 Å². The third-order valence-corrected chi connectivity index (χ3v) is 10.5. The molecule has 266 valence electrons.